The summed E-state index contributed by atoms with van der Waals surface area (Å²) >= 11 is 0. The molecule has 0 spiro atoms. The zero-order valence-corrected chi connectivity index (χ0v) is 16.6. The summed E-state index contributed by atoms with van der Waals surface area (Å²) in [6.45, 7) is 0.378. The summed E-state index contributed by atoms with van der Waals surface area (Å²) in [4.78, 5) is 37.9. The van der Waals surface area contributed by atoms with Crippen molar-refractivity contribution in [1.82, 2.24) is 15.8 Å². The minimum atomic E-state index is -0.629. The van der Waals surface area contributed by atoms with Gasteiger partial charge in [-0.25, -0.2) is 10.5 Å². The zero-order chi connectivity index (χ0) is 22.9. The van der Waals surface area contributed by atoms with Gasteiger partial charge in [0.2, 0.25) is 5.88 Å². The molecule has 0 atom stereocenters. The van der Waals surface area contributed by atoms with E-state index in [0.29, 0.717) is 11.5 Å². The van der Waals surface area contributed by atoms with Crippen LogP contribution in [0.5, 0.6) is 17.4 Å². The highest BCUT2D eigenvalue weighted by atomic mass is 16.6. The van der Waals surface area contributed by atoms with Crippen LogP contribution >= 0.6 is 0 Å². The summed E-state index contributed by atoms with van der Waals surface area (Å²) in [6, 6.07) is 16.3. The Balaban J connectivity index is 1.49. The van der Waals surface area contributed by atoms with Crippen molar-refractivity contribution in [2.75, 3.05) is 13.2 Å². The number of hydroxylamine groups is 1. The second-order valence-electron chi connectivity index (χ2n) is 6.28. The van der Waals surface area contributed by atoms with Crippen molar-refractivity contribution < 1.29 is 29.2 Å². The number of rotatable bonds is 9. The number of nitrogens with one attached hydrogen (secondary N) is 2. The van der Waals surface area contributed by atoms with Gasteiger partial charge in [-0.2, -0.15) is 0 Å². The van der Waals surface area contributed by atoms with Crippen LogP contribution in [0.4, 0.5) is 5.69 Å². The van der Waals surface area contributed by atoms with Crippen LogP contribution in [0.2, 0.25) is 0 Å². The molecule has 11 nitrogen and oxygen atoms in total. The third-order valence-corrected chi connectivity index (χ3v) is 4.10. The second kappa shape index (κ2) is 10.5. The summed E-state index contributed by atoms with van der Waals surface area (Å²) < 4.78 is 11.0. The van der Waals surface area contributed by atoms with Crippen LogP contribution in [-0.2, 0) is 0 Å². The number of nitrogens with zero attached hydrogens (tertiary/aromatic N) is 2. The van der Waals surface area contributed by atoms with Gasteiger partial charge in [0.15, 0.2) is 0 Å². The molecule has 0 fully saturated rings. The monoisotopic (exact) mass is 438 g/mol. The summed E-state index contributed by atoms with van der Waals surface area (Å²) in [6.07, 6.45) is 0. The molecule has 0 aliphatic carbocycles. The maximum atomic E-state index is 12.3. The number of hydrogen-bond donors (Lipinski definition) is 3. The molecule has 3 N–H and O–H groups in total. The van der Waals surface area contributed by atoms with Crippen molar-refractivity contribution in [2.24, 2.45) is 0 Å². The van der Waals surface area contributed by atoms with Crippen LogP contribution in [0.25, 0.3) is 0 Å². The minimum absolute atomic E-state index is 0.0627. The number of ether oxygens (including phenoxy) is 2. The molecule has 32 heavy (non-hydrogen) atoms. The molecule has 3 rings (SSSR count). The number of aromatic nitrogens is 1. The molecule has 1 heterocycles. The summed E-state index contributed by atoms with van der Waals surface area (Å²) in [7, 11) is 0. The quantitative estimate of drug-likeness (QED) is 0.199. The van der Waals surface area contributed by atoms with Gasteiger partial charge in [-0.3, -0.25) is 24.9 Å². The Kier molecular flexibility index (Phi) is 7.28. The molecule has 1 aromatic heterocycles. The van der Waals surface area contributed by atoms with E-state index in [-0.39, 0.29) is 36.0 Å². The Bertz CT molecular complexity index is 1100. The van der Waals surface area contributed by atoms with E-state index in [4.69, 9.17) is 14.7 Å². The van der Waals surface area contributed by atoms with Gasteiger partial charge in [-0.15, -0.1) is 0 Å². The normalized spacial score (nSPS) is 10.2. The minimum Gasteiger partial charge on any atom is -0.492 e. The summed E-state index contributed by atoms with van der Waals surface area (Å²) in [5.41, 5.74) is 1.88. The number of non-ortho nitro benzene ring substituents is 1. The van der Waals surface area contributed by atoms with Crippen molar-refractivity contribution in [3.63, 3.8) is 0 Å². The van der Waals surface area contributed by atoms with Gasteiger partial charge >= 0.3 is 0 Å². The Morgan fingerprint density at radius 3 is 2.31 bits per heavy atom. The van der Waals surface area contributed by atoms with Crippen LogP contribution < -0.4 is 20.3 Å². The number of amides is 2. The maximum absolute atomic E-state index is 12.3. The molecule has 11 heteroatoms. The molecule has 0 aliphatic heterocycles. The van der Waals surface area contributed by atoms with Gasteiger partial charge in [0.25, 0.3) is 17.5 Å². The van der Waals surface area contributed by atoms with E-state index in [1.807, 2.05) is 0 Å². The van der Waals surface area contributed by atoms with Gasteiger partial charge in [0.05, 0.1) is 11.5 Å². The average molecular weight is 438 g/mol. The highest BCUT2D eigenvalue weighted by Crippen LogP contribution is 2.22. The van der Waals surface area contributed by atoms with Crippen molar-refractivity contribution in [3.05, 3.63) is 88.1 Å². The number of carbonyl (C=O) groups excluding carboxylic acids is 2. The number of nitro groups is 1. The average Bonchev–Trinajstić information content (AvgIpc) is 2.82. The van der Waals surface area contributed by atoms with Crippen LogP contribution in [0.3, 0.4) is 0 Å². The smallest absolute Gasteiger partial charge is 0.274 e. The molecule has 0 aliphatic rings. The Morgan fingerprint density at radius 2 is 1.66 bits per heavy atom. The fourth-order valence-electron chi connectivity index (χ4n) is 2.55. The van der Waals surface area contributed by atoms with Crippen molar-refractivity contribution in [1.29, 1.82) is 0 Å². The summed E-state index contributed by atoms with van der Waals surface area (Å²) in [5.74, 6) is -0.0644. The maximum Gasteiger partial charge on any atom is 0.274 e. The van der Waals surface area contributed by atoms with Gasteiger partial charge in [-0.05, 0) is 42.5 Å². The zero-order valence-electron chi connectivity index (χ0n) is 16.6. The molecule has 0 unspecified atom stereocenters. The first kappa shape index (κ1) is 22.2. The van der Waals surface area contributed by atoms with Crippen LogP contribution in [-0.4, -0.2) is 40.1 Å². The lowest BCUT2D eigenvalue weighted by atomic mass is 10.2. The van der Waals surface area contributed by atoms with E-state index in [0.717, 1.165) is 0 Å². The predicted octanol–water partition coefficient (Wildman–Crippen LogP) is 2.71. The highest BCUT2D eigenvalue weighted by Gasteiger charge is 2.10. The van der Waals surface area contributed by atoms with E-state index in [2.05, 4.69) is 10.3 Å². The van der Waals surface area contributed by atoms with Gasteiger partial charge < -0.3 is 14.8 Å². The Morgan fingerprint density at radius 1 is 0.969 bits per heavy atom. The molecule has 2 aromatic carbocycles. The first-order chi connectivity index (χ1) is 15.5. The standard InChI is InChI=1S/C21H18N4O7/c26-20(24-28)14-4-8-16(9-5-14)31-13-12-22-21(27)18-2-1-3-19(23-18)32-17-10-6-15(7-11-17)25(29)30/h1-11,28H,12-13H2,(H,22,27)(H,24,26). The molecule has 0 saturated carbocycles. The van der Waals surface area contributed by atoms with Crippen molar-refractivity contribution in [2.45, 2.75) is 0 Å². The van der Waals surface area contributed by atoms with E-state index in [9.17, 15) is 19.7 Å². The highest BCUT2D eigenvalue weighted by molar-refractivity contribution is 5.93. The number of benzene rings is 2. The van der Waals surface area contributed by atoms with E-state index >= 15 is 0 Å². The predicted molar refractivity (Wildman–Crippen MR) is 111 cm³/mol. The molecular formula is C21H18N4O7. The largest absolute Gasteiger partial charge is 0.492 e. The first-order valence-corrected chi connectivity index (χ1v) is 9.31. The topological polar surface area (TPSA) is 153 Å². The first-order valence-electron chi connectivity index (χ1n) is 9.31. The van der Waals surface area contributed by atoms with Crippen LogP contribution in [0, 0.1) is 10.1 Å². The Hall–Kier alpha value is -4.51. The number of carbonyl (C=O) groups is 2. The lowest BCUT2D eigenvalue weighted by Gasteiger charge is -2.09. The lowest BCUT2D eigenvalue weighted by Crippen LogP contribution is -2.28. The van der Waals surface area contributed by atoms with Gasteiger partial charge in [-0.1, -0.05) is 6.07 Å². The van der Waals surface area contributed by atoms with Crippen molar-refractivity contribution >= 4 is 17.5 Å². The van der Waals surface area contributed by atoms with Crippen LogP contribution in [0.1, 0.15) is 20.8 Å². The molecule has 3 aromatic rings. The number of pyridine rings is 1. The van der Waals surface area contributed by atoms with Crippen LogP contribution in [0.15, 0.2) is 66.7 Å². The SMILES string of the molecule is O=C(NO)c1ccc(OCCNC(=O)c2cccc(Oc3ccc([N+](=O)[O-])cc3)n2)cc1. The fraction of sp³-hybridized carbons (Fsp3) is 0.0952. The third kappa shape index (κ3) is 6.00. The number of hydrogen-bond acceptors (Lipinski definition) is 8. The molecular weight excluding hydrogens is 420 g/mol. The van der Waals surface area contributed by atoms with Crippen molar-refractivity contribution in [3.8, 4) is 17.4 Å². The Labute approximate surface area is 181 Å². The number of nitro benzene ring substituents is 1. The lowest BCUT2D eigenvalue weighted by molar-refractivity contribution is -0.384. The molecule has 0 radical (unpaired) electrons. The molecule has 0 saturated heterocycles. The van der Waals surface area contributed by atoms with E-state index in [1.165, 1.54) is 47.9 Å². The van der Waals surface area contributed by atoms with E-state index < -0.39 is 16.7 Å². The molecule has 164 valence electrons. The molecule has 2 amide bonds. The third-order valence-electron chi connectivity index (χ3n) is 4.10. The van der Waals surface area contributed by atoms with Gasteiger partial charge in [0.1, 0.15) is 23.8 Å². The van der Waals surface area contributed by atoms with E-state index in [1.54, 1.807) is 24.3 Å². The second-order valence-corrected chi connectivity index (χ2v) is 6.28. The van der Waals surface area contributed by atoms with Gasteiger partial charge in [0, 0.05) is 23.8 Å². The fourth-order valence-corrected chi connectivity index (χ4v) is 2.55. The molecule has 0 bridgehead atoms. The summed E-state index contributed by atoms with van der Waals surface area (Å²) in [5, 5.41) is 22.0.